The fourth-order valence-corrected chi connectivity index (χ4v) is 0.144. The smallest absolute Gasteiger partial charge is 0.261 e. The molecule has 0 aliphatic rings. The lowest BCUT2D eigenvalue weighted by Crippen LogP contribution is -2.03. The van der Waals surface area contributed by atoms with Crippen molar-refractivity contribution in [1.82, 2.24) is 0 Å². The van der Waals surface area contributed by atoms with Crippen LogP contribution < -0.4 is 5.73 Å². The van der Waals surface area contributed by atoms with E-state index in [0.717, 1.165) is 0 Å². The molecule has 0 bridgehead atoms. The van der Waals surface area contributed by atoms with Crippen LogP contribution in [0.3, 0.4) is 0 Å². The summed E-state index contributed by atoms with van der Waals surface area (Å²) < 4.78 is 0. The lowest BCUT2D eigenvalue weighted by Gasteiger charge is -1.89. The van der Waals surface area contributed by atoms with Crippen LogP contribution in [0.15, 0.2) is 11.4 Å². The van der Waals surface area contributed by atoms with Gasteiger partial charge in [0.2, 0.25) is 0 Å². The van der Waals surface area contributed by atoms with Crippen molar-refractivity contribution < 1.29 is 4.92 Å². The Morgan fingerprint density at radius 2 is 2.00 bits per heavy atom. The number of allylic oxidation sites excluding steroid dienone is 2. The number of nitrogens with zero attached hydrogens (tertiary/aromatic N) is 1. The summed E-state index contributed by atoms with van der Waals surface area (Å²) in [5.41, 5.74) is 5.35. The zero-order valence-electron chi connectivity index (χ0n) is 4.84. The van der Waals surface area contributed by atoms with Gasteiger partial charge in [-0.15, -0.1) is 0 Å². The van der Waals surface area contributed by atoms with Crippen molar-refractivity contribution >= 4 is 0 Å². The Balaban J connectivity index is 4.23. The van der Waals surface area contributed by atoms with Crippen molar-refractivity contribution in [3.63, 3.8) is 0 Å². The van der Waals surface area contributed by atoms with Crippen LogP contribution in [0.2, 0.25) is 0 Å². The number of hydrogen-bond acceptors (Lipinski definition) is 3. The molecular weight excluding hydrogens is 108 g/mol. The maximum Gasteiger partial charge on any atom is 0.261 e. The average Bonchev–Trinajstić information content (AvgIpc) is 1.64. The Labute approximate surface area is 47.1 Å². The SMILES string of the molecule is C/C(N)=C(\C)[N+](=O)[O-]. The minimum atomic E-state index is -0.505. The van der Waals surface area contributed by atoms with E-state index in [1.54, 1.807) is 0 Å². The van der Waals surface area contributed by atoms with E-state index in [9.17, 15) is 10.1 Å². The van der Waals surface area contributed by atoms with Crippen LogP contribution >= 0.6 is 0 Å². The van der Waals surface area contributed by atoms with Crippen LogP contribution in [-0.4, -0.2) is 4.92 Å². The highest BCUT2D eigenvalue weighted by Crippen LogP contribution is 1.94. The van der Waals surface area contributed by atoms with Crippen LogP contribution in [0.25, 0.3) is 0 Å². The molecule has 0 radical (unpaired) electrons. The van der Waals surface area contributed by atoms with Crippen LogP contribution in [0.4, 0.5) is 0 Å². The molecule has 0 saturated heterocycles. The van der Waals surface area contributed by atoms with Gasteiger partial charge in [-0.1, -0.05) is 0 Å². The van der Waals surface area contributed by atoms with Gasteiger partial charge in [-0.3, -0.25) is 10.1 Å². The van der Waals surface area contributed by atoms with Gasteiger partial charge in [-0.25, -0.2) is 0 Å². The summed E-state index contributed by atoms with van der Waals surface area (Å²) >= 11 is 0. The topological polar surface area (TPSA) is 69.2 Å². The van der Waals surface area contributed by atoms with Gasteiger partial charge in [-0.05, 0) is 6.92 Å². The zero-order chi connectivity index (χ0) is 6.73. The Kier molecular flexibility index (Phi) is 1.99. The Hall–Kier alpha value is -1.06. The standard InChI is InChI=1S/C4H8N2O2/c1-3(5)4(2)6(7)8/h5H2,1-2H3/b4-3-. The fraction of sp³-hybridized carbons (Fsp3) is 0.500. The van der Waals surface area contributed by atoms with E-state index < -0.39 is 4.92 Å². The lowest BCUT2D eigenvalue weighted by atomic mass is 10.4. The molecule has 46 valence electrons. The van der Waals surface area contributed by atoms with E-state index in [2.05, 4.69) is 0 Å². The quantitative estimate of drug-likeness (QED) is 0.400. The molecule has 0 aromatic rings. The number of rotatable bonds is 1. The summed E-state index contributed by atoms with van der Waals surface area (Å²) in [5, 5.41) is 9.81. The summed E-state index contributed by atoms with van der Waals surface area (Å²) in [5.74, 6) is 0. The first-order valence-corrected chi connectivity index (χ1v) is 2.13. The molecule has 0 unspecified atom stereocenters. The minimum absolute atomic E-state index is 0.0185. The third-order valence-corrected chi connectivity index (χ3v) is 0.845. The summed E-state index contributed by atoms with van der Waals surface area (Å²) in [6.45, 7) is 2.87. The molecule has 0 aromatic heterocycles. The summed E-state index contributed by atoms with van der Waals surface area (Å²) in [6, 6.07) is 0. The van der Waals surface area contributed by atoms with Crippen molar-refractivity contribution in [2.24, 2.45) is 5.73 Å². The molecule has 0 amide bonds. The molecular formula is C4H8N2O2. The highest BCUT2D eigenvalue weighted by Gasteiger charge is 2.02. The predicted molar refractivity (Wildman–Crippen MR) is 29.6 cm³/mol. The van der Waals surface area contributed by atoms with Gasteiger partial charge >= 0.3 is 0 Å². The van der Waals surface area contributed by atoms with Gasteiger partial charge in [0, 0.05) is 6.92 Å². The molecule has 4 nitrogen and oxygen atoms in total. The average molecular weight is 116 g/mol. The second-order valence-corrected chi connectivity index (χ2v) is 1.53. The molecule has 2 N–H and O–H groups in total. The molecule has 4 heteroatoms. The molecule has 8 heavy (non-hydrogen) atoms. The van der Waals surface area contributed by atoms with Crippen molar-refractivity contribution in [1.29, 1.82) is 0 Å². The first kappa shape index (κ1) is 6.94. The highest BCUT2D eigenvalue weighted by atomic mass is 16.6. The van der Waals surface area contributed by atoms with E-state index in [1.165, 1.54) is 13.8 Å². The first-order chi connectivity index (χ1) is 3.55. The molecule has 0 aliphatic heterocycles. The van der Waals surface area contributed by atoms with Crippen LogP contribution in [-0.2, 0) is 0 Å². The van der Waals surface area contributed by atoms with Crippen LogP contribution in [0, 0.1) is 10.1 Å². The lowest BCUT2D eigenvalue weighted by molar-refractivity contribution is -0.425. The number of nitrogens with two attached hydrogens (primary N) is 1. The summed E-state index contributed by atoms with van der Waals surface area (Å²) in [6.07, 6.45) is 0. The molecule has 0 aromatic carbocycles. The molecule has 0 heterocycles. The Morgan fingerprint density at radius 1 is 1.62 bits per heavy atom. The van der Waals surface area contributed by atoms with Gasteiger partial charge in [-0.2, -0.15) is 0 Å². The molecule has 0 atom stereocenters. The Morgan fingerprint density at radius 3 is 2.00 bits per heavy atom. The molecule has 0 rings (SSSR count). The maximum absolute atomic E-state index is 9.81. The molecule has 0 fully saturated rings. The van der Waals surface area contributed by atoms with Crippen molar-refractivity contribution in [2.45, 2.75) is 13.8 Å². The van der Waals surface area contributed by atoms with Gasteiger partial charge in [0.15, 0.2) is 0 Å². The summed E-state index contributed by atoms with van der Waals surface area (Å²) in [7, 11) is 0. The number of nitro groups is 1. The van der Waals surface area contributed by atoms with E-state index in [-0.39, 0.29) is 11.4 Å². The maximum atomic E-state index is 9.81. The zero-order valence-corrected chi connectivity index (χ0v) is 4.84. The fourth-order valence-electron chi connectivity index (χ4n) is 0.144. The first-order valence-electron chi connectivity index (χ1n) is 2.13. The monoisotopic (exact) mass is 116 g/mol. The van der Waals surface area contributed by atoms with Gasteiger partial charge < -0.3 is 5.73 Å². The van der Waals surface area contributed by atoms with Crippen molar-refractivity contribution in [3.05, 3.63) is 21.5 Å². The van der Waals surface area contributed by atoms with Crippen LogP contribution in [0.5, 0.6) is 0 Å². The van der Waals surface area contributed by atoms with E-state index in [4.69, 9.17) is 5.73 Å². The number of hydrogen-bond donors (Lipinski definition) is 1. The third kappa shape index (κ3) is 1.59. The second kappa shape index (κ2) is 2.30. The van der Waals surface area contributed by atoms with Gasteiger partial charge in [0.1, 0.15) is 0 Å². The summed E-state index contributed by atoms with van der Waals surface area (Å²) in [4.78, 5) is 9.30. The van der Waals surface area contributed by atoms with E-state index in [1.807, 2.05) is 0 Å². The van der Waals surface area contributed by atoms with Gasteiger partial charge in [0.05, 0.1) is 10.6 Å². The second-order valence-electron chi connectivity index (χ2n) is 1.53. The minimum Gasteiger partial charge on any atom is -0.397 e. The Bertz CT molecular complexity index is 135. The van der Waals surface area contributed by atoms with Crippen LogP contribution in [0.1, 0.15) is 13.8 Å². The molecule has 0 spiro atoms. The molecule has 0 aliphatic carbocycles. The van der Waals surface area contributed by atoms with E-state index in [0.29, 0.717) is 0 Å². The normalized spacial score (nSPS) is 12.8. The van der Waals surface area contributed by atoms with Gasteiger partial charge in [0.25, 0.3) is 5.70 Å². The van der Waals surface area contributed by atoms with Crippen molar-refractivity contribution in [3.8, 4) is 0 Å². The largest absolute Gasteiger partial charge is 0.397 e. The predicted octanol–water partition coefficient (Wildman–Crippen LogP) is 0.473. The third-order valence-electron chi connectivity index (χ3n) is 0.845. The molecule has 0 saturated carbocycles. The van der Waals surface area contributed by atoms with E-state index >= 15 is 0 Å². The highest BCUT2D eigenvalue weighted by molar-refractivity contribution is 4.95. The van der Waals surface area contributed by atoms with Crippen molar-refractivity contribution in [2.75, 3.05) is 0 Å².